The van der Waals surface area contributed by atoms with Crippen LogP contribution in [0.2, 0.25) is 0 Å². The summed E-state index contributed by atoms with van der Waals surface area (Å²) in [5.41, 5.74) is 4.93. The second kappa shape index (κ2) is 14.9. The molecular formula is C35H44N2O6. The van der Waals surface area contributed by atoms with Crippen molar-refractivity contribution in [2.24, 2.45) is 11.8 Å². The number of nitrogens with one attached hydrogen (secondary N) is 1. The second-order valence-electron chi connectivity index (χ2n) is 11.0. The zero-order chi connectivity index (χ0) is 30.9. The van der Waals surface area contributed by atoms with Gasteiger partial charge in [0.2, 0.25) is 12.7 Å². The maximum absolute atomic E-state index is 13.7. The van der Waals surface area contributed by atoms with Gasteiger partial charge < -0.3 is 24.6 Å². The summed E-state index contributed by atoms with van der Waals surface area (Å²) >= 11 is 0. The number of ether oxygens (including phenoxy) is 3. The van der Waals surface area contributed by atoms with Gasteiger partial charge in [-0.3, -0.25) is 14.5 Å². The third kappa shape index (κ3) is 7.68. The van der Waals surface area contributed by atoms with E-state index in [4.69, 9.17) is 14.2 Å². The van der Waals surface area contributed by atoms with Crippen LogP contribution in [0.4, 0.5) is 5.69 Å². The van der Waals surface area contributed by atoms with Gasteiger partial charge in [0.25, 0.3) is 0 Å². The average molecular weight is 589 g/mol. The Bertz CT molecular complexity index is 1340. The number of carbonyl (C=O) groups excluding carboxylic acids is 1. The van der Waals surface area contributed by atoms with E-state index in [0.717, 1.165) is 53.0 Å². The third-order valence-electron chi connectivity index (χ3n) is 8.24. The molecule has 3 atom stereocenters. The molecule has 2 aliphatic heterocycles. The van der Waals surface area contributed by atoms with Crippen LogP contribution in [0.1, 0.15) is 63.3 Å². The van der Waals surface area contributed by atoms with Crippen molar-refractivity contribution in [2.75, 3.05) is 31.8 Å². The summed E-state index contributed by atoms with van der Waals surface area (Å²) in [7, 11) is 0. The molecule has 0 radical (unpaired) electrons. The van der Waals surface area contributed by atoms with Crippen LogP contribution < -0.4 is 10.1 Å². The van der Waals surface area contributed by atoms with Crippen molar-refractivity contribution in [1.82, 2.24) is 4.90 Å². The van der Waals surface area contributed by atoms with Crippen molar-refractivity contribution < 1.29 is 28.9 Å². The van der Waals surface area contributed by atoms with Crippen molar-refractivity contribution in [2.45, 2.75) is 59.4 Å². The molecule has 2 heterocycles. The van der Waals surface area contributed by atoms with Crippen LogP contribution in [0.15, 0.2) is 78.3 Å². The number of benzene rings is 2. The molecule has 4 rings (SSSR count). The molecule has 0 unspecified atom stereocenters. The normalized spacial score (nSPS) is 21.5. The van der Waals surface area contributed by atoms with Gasteiger partial charge in [0, 0.05) is 24.2 Å². The zero-order valence-corrected chi connectivity index (χ0v) is 25.7. The number of anilines is 1. The SMILES string of the molecule is C=C1OCO/C1=C/C(=C\C)[C@H]1CN(CC(=O)Nc2c(CC)cccc2CC)[C@@H](c2ccc(OCCC)cc2)[C@@H]1CC(=O)O. The van der Waals surface area contributed by atoms with Gasteiger partial charge >= 0.3 is 5.97 Å². The van der Waals surface area contributed by atoms with Gasteiger partial charge in [-0.1, -0.05) is 63.8 Å². The molecule has 2 N–H and O–H groups in total. The summed E-state index contributed by atoms with van der Waals surface area (Å²) in [6.45, 7) is 13.4. The molecule has 2 saturated heterocycles. The number of hydrogen-bond donors (Lipinski definition) is 2. The quantitative estimate of drug-likeness (QED) is 0.270. The van der Waals surface area contributed by atoms with E-state index in [1.807, 2.05) is 61.5 Å². The Morgan fingerprint density at radius 2 is 1.79 bits per heavy atom. The molecule has 2 fully saturated rings. The van der Waals surface area contributed by atoms with Gasteiger partial charge in [-0.05, 0) is 72.6 Å². The molecule has 1 amide bonds. The van der Waals surface area contributed by atoms with Crippen LogP contribution in [0.3, 0.4) is 0 Å². The molecule has 2 aliphatic rings. The molecule has 0 bridgehead atoms. The summed E-state index contributed by atoms with van der Waals surface area (Å²) in [6, 6.07) is 13.6. The first-order chi connectivity index (χ1) is 20.8. The van der Waals surface area contributed by atoms with Crippen molar-refractivity contribution in [3.05, 3.63) is 95.0 Å². The summed E-state index contributed by atoms with van der Waals surface area (Å²) in [4.78, 5) is 28.1. The van der Waals surface area contributed by atoms with Crippen LogP contribution in [0.5, 0.6) is 5.75 Å². The lowest BCUT2D eigenvalue weighted by molar-refractivity contribution is -0.138. The number of hydrogen-bond acceptors (Lipinski definition) is 6. The van der Waals surface area contributed by atoms with Crippen molar-refractivity contribution in [1.29, 1.82) is 0 Å². The number of para-hydroxylation sites is 1. The minimum Gasteiger partial charge on any atom is -0.494 e. The molecule has 8 nitrogen and oxygen atoms in total. The first-order valence-corrected chi connectivity index (χ1v) is 15.2. The Labute approximate surface area is 255 Å². The molecule has 2 aromatic carbocycles. The largest absolute Gasteiger partial charge is 0.494 e. The fraction of sp³-hybridized carbons (Fsp3) is 0.429. The number of aliphatic carboxylic acids is 1. The summed E-state index contributed by atoms with van der Waals surface area (Å²) in [5.74, 6) is 0.262. The van der Waals surface area contributed by atoms with Gasteiger partial charge in [0.15, 0.2) is 11.5 Å². The Morgan fingerprint density at radius 3 is 2.35 bits per heavy atom. The standard InChI is InChI=1S/C35H44N2O6/c1-6-17-41-28-15-13-27(14-16-28)35-29(19-33(39)40)30(26(9-4)18-31-23(5)42-22-43-31)20-37(35)21-32(38)36-34-24(7-2)11-10-12-25(34)8-3/h9-16,18,29-30,35H,5-8,17,19-22H2,1-4H3,(H,36,38)(H,39,40)/b26-9+,31-18+/t29-,30-,35+/m1/s1. The maximum Gasteiger partial charge on any atom is 0.303 e. The van der Waals surface area contributed by atoms with Crippen molar-refractivity contribution >= 4 is 17.6 Å². The number of allylic oxidation sites excluding steroid dienone is 2. The van der Waals surface area contributed by atoms with E-state index in [-0.39, 0.29) is 43.5 Å². The molecule has 0 saturated carbocycles. The highest BCUT2D eigenvalue weighted by molar-refractivity contribution is 5.94. The predicted octanol–water partition coefficient (Wildman–Crippen LogP) is 6.65. The highest BCUT2D eigenvalue weighted by Crippen LogP contribution is 2.46. The fourth-order valence-electron chi connectivity index (χ4n) is 6.16. The lowest BCUT2D eigenvalue weighted by atomic mass is 9.80. The maximum atomic E-state index is 13.7. The minimum atomic E-state index is -0.883. The topological polar surface area (TPSA) is 97.3 Å². The number of rotatable bonds is 13. The summed E-state index contributed by atoms with van der Waals surface area (Å²) < 4.78 is 16.8. The van der Waals surface area contributed by atoms with E-state index in [9.17, 15) is 14.7 Å². The average Bonchev–Trinajstić information content (AvgIpc) is 3.56. The van der Waals surface area contributed by atoms with E-state index < -0.39 is 5.97 Å². The first-order valence-electron chi connectivity index (χ1n) is 15.2. The van der Waals surface area contributed by atoms with Gasteiger partial charge in [-0.25, -0.2) is 0 Å². The van der Waals surface area contributed by atoms with E-state index in [1.54, 1.807) is 0 Å². The monoisotopic (exact) mass is 588 g/mol. The Kier molecular flexibility index (Phi) is 11.1. The number of likely N-dealkylation sites (tertiary alicyclic amines) is 1. The van der Waals surface area contributed by atoms with Crippen molar-refractivity contribution in [3.8, 4) is 5.75 Å². The molecule has 2 aromatic rings. The van der Waals surface area contributed by atoms with Crippen LogP contribution in [-0.4, -0.2) is 48.4 Å². The van der Waals surface area contributed by atoms with Crippen molar-refractivity contribution in [3.63, 3.8) is 0 Å². The predicted molar refractivity (Wildman–Crippen MR) is 168 cm³/mol. The van der Waals surface area contributed by atoms with Gasteiger partial charge in [-0.2, -0.15) is 0 Å². The number of carboxylic acid groups (broad SMARTS) is 1. The van der Waals surface area contributed by atoms with Crippen LogP contribution in [-0.2, 0) is 31.9 Å². The van der Waals surface area contributed by atoms with E-state index in [2.05, 4.69) is 37.6 Å². The fourth-order valence-corrected chi connectivity index (χ4v) is 6.16. The van der Waals surface area contributed by atoms with E-state index in [1.165, 1.54) is 0 Å². The highest BCUT2D eigenvalue weighted by Gasteiger charge is 2.45. The van der Waals surface area contributed by atoms with Crippen LogP contribution >= 0.6 is 0 Å². The van der Waals surface area contributed by atoms with E-state index in [0.29, 0.717) is 24.7 Å². The molecule has 43 heavy (non-hydrogen) atoms. The van der Waals surface area contributed by atoms with Gasteiger partial charge in [0.05, 0.1) is 19.6 Å². The Balaban J connectivity index is 1.70. The summed E-state index contributed by atoms with van der Waals surface area (Å²) in [5, 5.41) is 13.2. The Morgan fingerprint density at radius 1 is 1.09 bits per heavy atom. The minimum absolute atomic E-state index is 0.0565. The molecule has 0 aliphatic carbocycles. The van der Waals surface area contributed by atoms with E-state index >= 15 is 0 Å². The van der Waals surface area contributed by atoms with Crippen LogP contribution in [0, 0.1) is 11.8 Å². The lowest BCUT2D eigenvalue weighted by Gasteiger charge is -2.29. The number of carbonyl (C=O) groups is 2. The second-order valence-corrected chi connectivity index (χ2v) is 11.0. The molecule has 0 spiro atoms. The molecule has 0 aromatic heterocycles. The number of aryl methyl sites for hydroxylation is 2. The lowest BCUT2D eigenvalue weighted by Crippen LogP contribution is -2.34. The van der Waals surface area contributed by atoms with Crippen LogP contribution in [0.25, 0.3) is 0 Å². The third-order valence-corrected chi connectivity index (χ3v) is 8.24. The zero-order valence-electron chi connectivity index (χ0n) is 25.7. The highest BCUT2D eigenvalue weighted by atomic mass is 16.7. The smallest absolute Gasteiger partial charge is 0.303 e. The first kappa shape index (κ1) is 31.9. The molecule has 230 valence electrons. The van der Waals surface area contributed by atoms with Gasteiger partial charge in [0.1, 0.15) is 5.75 Å². The van der Waals surface area contributed by atoms with Gasteiger partial charge in [-0.15, -0.1) is 0 Å². The summed E-state index contributed by atoms with van der Waals surface area (Å²) in [6.07, 6.45) is 6.33. The molecular weight excluding hydrogens is 544 g/mol. The molecule has 8 heteroatoms. The number of amides is 1. The Hall–Kier alpha value is -4.04. The number of nitrogens with zero attached hydrogens (tertiary/aromatic N) is 1. The number of carboxylic acids is 1.